The Labute approximate surface area is 254 Å². The van der Waals surface area contributed by atoms with Gasteiger partial charge in [-0.15, -0.1) is 0 Å². The van der Waals surface area contributed by atoms with Gasteiger partial charge in [0, 0.05) is 11.1 Å². The molecule has 8 heteroatoms. The minimum absolute atomic E-state index is 0.0186. The maximum atomic E-state index is 10.8. The molecule has 230 valence electrons. The van der Waals surface area contributed by atoms with E-state index >= 15 is 0 Å². The van der Waals surface area contributed by atoms with Crippen LogP contribution in [0.25, 0.3) is 6.08 Å². The Balaban J connectivity index is 0.000000559. The summed E-state index contributed by atoms with van der Waals surface area (Å²) in [6, 6.07) is 20.0. The lowest BCUT2D eigenvalue weighted by Gasteiger charge is -2.08. The van der Waals surface area contributed by atoms with Crippen molar-refractivity contribution < 1.29 is 38.2 Å². The molecule has 0 N–H and O–H groups in total. The highest BCUT2D eigenvalue weighted by Crippen LogP contribution is 2.29. The third-order valence-electron chi connectivity index (χ3n) is 5.42. The molecule has 0 saturated carbocycles. The highest BCUT2D eigenvalue weighted by atomic mass is 16.5. The van der Waals surface area contributed by atoms with Crippen LogP contribution < -0.4 is 14.2 Å². The van der Waals surface area contributed by atoms with Gasteiger partial charge >= 0.3 is 0 Å². The molecule has 0 aliphatic rings. The lowest BCUT2D eigenvalue weighted by Crippen LogP contribution is -1.97. The molecule has 0 heterocycles. The minimum atomic E-state index is -0.0625. The van der Waals surface area contributed by atoms with Gasteiger partial charge in [0.15, 0.2) is 28.8 Å². The van der Waals surface area contributed by atoms with E-state index in [-0.39, 0.29) is 35.3 Å². The fourth-order valence-corrected chi connectivity index (χ4v) is 3.27. The number of Topliss-reactive ketones (excluding diaryl/α,β-unsaturated/α-hetero) is 4. The van der Waals surface area contributed by atoms with Crippen LogP contribution in [0.2, 0.25) is 0 Å². The number of rotatable bonds is 9. The van der Waals surface area contributed by atoms with Gasteiger partial charge in [-0.25, -0.2) is 0 Å². The first-order valence-corrected chi connectivity index (χ1v) is 13.4. The predicted molar refractivity (Wildman–Crippen MR) is 169 cm³/mol. The zero-order valence-corrected chi connectivity index (χ0v) is 26.5. The van der Waals surface area contributed by atoms with Crippen molar-refractivity contribution in [3.05, 3.63) is 95.1 Å². The van der Waals surface area contributed by atoms with E-state index in [1.165, 1.54) is 34.6 Å². The predicted octanol–water partition coefficient (Wildman–Crippen LogP) is 6.96. The molecule has 3 rings (SSSR count). The molecule has 0 aliphatic heterocycles. The molecule has 0 radical (unpaired) electrons. The van der Waals surface area contributed by atoms with Crippen molar-refractivity contribution in [2.24, 2.45) is 0 Å². The number of ether oxygens (including phenoxy) is 3. The number of benzene rings is 3. The number of para-hydroxylation sites is 1. The van der Waals surface area contributed by atoms with Gasteiger partial charge in [0.1, 0.15) is 17.3 Å². The van der Waals surface area contributed by atoms with Gasteiger partial charge in [0.2, 0.25) is 0 Å². The quantitative estimate of drug-likeness (QED) is 0.149. The first kappa shape index (κ1) is 38.1. The molecule has 8 nitrogen and oxygen atoms in total. The molecular weight excluding hydrogens is 548 g/mol. The maximum Gasteiger partial charge on any atom is 0.163 e. The molecule has 0 saturated heterocycles. The first-order chi connectivity index (χ1) is 20.2. The smallest absolute Gasteiger partial charge is 0.163 e. The van der Waals surface area contributed by atoms with Gasteiger partial charge in [-0.3, -0.25) is 24.0 Å². The fourth-order valence-electron chi connectivity index (χ4n) is 3.27. The zero-order valence-electron chi connectivity index (χ0n) is 26.5. The Morgan fingerprint density at radius 2 is 1.12 bits per heavy atom. The van der Waals surface area contributed by atoms with Gasteiger partial charge in [-0.1, -0.05) is 54.6 Å². The first-order valence-electron chi connectivity index (χ1n) is 13.4. The molecule has 3 aromatic rings. The molecule has 0 spiro atoms. The van der Waals surface area contributed by atoms with E-state index < -0.39 is 0 Å². The molecular formula is C35H42O8. The maximum absolute atomic E-state index is 10.8. The molecule has 0 aliphatic carbocycles. The second-order valence-corrected chi connectivity index (χ2v) is 9.30. The Bertz CT molecular complexity index is 1320. The number of methoxy groups -OCH3 is 3. The van der Waals surface area contributed by atoms with E-state index in [4.69, 9.17) is 14.2 Å². The number of carbonyl (C=O) groups is 5. The van der Waals surface area contributed by atoms with Crippen molar-refractivity contribution in [1.82, 2.24) is 0 Å². The topological polar surface area (TPSA) is 113 Å². The number of aryl methyl sites for hydroxylation is 1. The summed E-state index contributed by atoms with van der Waals surface area (Å²) in [6.07, 6.45) is 3.41. The third-order valence-corrected chi connectivity index (χ3v) is 5.42. The molecule has 43 heavy (non-hydrogen) atoms. The van der Waals surface area contributed by atoms with Crippen molar-refractivity contribution in [2.75, 3.05) is 21.3 Å². The third kappa shape index (κ3) is 16.9. The van der Waals surface area contributed by atoms with E-state index in [0.717, 1.165) is 28.4 Å². The van der Waals surface area contributed by atoms with Crippen molar-refractivity contribution in [3.8, 4) is 17.2 Å². The molecule has 0 atom stereocenters. The van der Waals surface area contributed by atoms with Crippen molar-refractivity contribution in [3.63, 3.8) is 0 Å². The largest absolute Gasteiger partial charge is 0.497 e. The van der Waals surface area contributed by atoms with Crippen molar-refractivity contribution >= 4 is 35.0 Å². The van der Waals surface area contributed by atoms with Crippen LogP contribution in [0.3, 0.4) is 0 Å². The van der Waals surface area contributed by atoms with E-state index in [1.54, 1.807) is 57.7 Å². The lowest BCUT2D eigenvalue weighted by atomic mass is 10.1. The summed E-state index contributed by atoms with van der Waals surface area (Å²) in [5.74, 6) is 2.38. The van der Waals surface area contributed by atoms with Crippen LogP contribution in [0.15, 0.2) is 72.8 Å². The highest BCUT2D eigenvalue weighted by molar-refractivity contribution is 5.98. The van der Waals surface area contributed by atoms with Crippen molar-refractivity contribution in [1.29, 1.82) is 0 Å². The monoisotopic (exact) mass is 590 g/mol. The van der Waals surface area contributed by atoms with Crippen LogP contribution in [-0.2, 0) is 14.4 Å². The average molecular weight is 591 g/mol. The summed E-state index contributed by atoms with van der Waals surface area (Å²) in [5, 5.41) is 0. The van der Waals surface area contributed by atoms with Gasteiger partial charge < -0.3 is 14.2 Å². The molecule has 3 aromatic carbocycles. The molecule has 0 aromatic heterocycles. The van der Waals surface area contributed by atoms with Gasteiger partial charge in [-0.2, -0.15) is 0 Å². The SMILES string of the molecule is CC(=O)CC(C)=O.CC(=O)c1ccc(C(C)=O)cc1.COc1ccc(/C=C/C(C)=O)cc1.COc1cccc(C)c1OC. The van der Waals surface area contributed by atoms with Crippen LogP contribution >= 0.6 is 0 Å². The fraction of sp³-hybridized carbons (Fsp3) is 0.286. The summed E-state index contributed by atoms with van der Waals surface area (Å²) in [4.78, 5) is 52.4. The molecule has 0 unspecified atom stereocenters. The van der Waals surface area contributed by atoms with E-state index in [1.807, 2.05) is 49.4 Å². The average Bonchev–Trinajstić information content (AvgIpc) is 2.96. The highest BCUT2D eigenvalue weighted by Gasteiger charge is 2.04. The van der Waals surface area contributed by atoms with Crippen LogP contribution in [0.5, 0.6) is 17.2 Å². The summed E-state index contributed by atoms with van der Waals surface area (Å²) in [6.45, 7) is 9.33. The number of carbonyl (C=O) groups excluding carboxylic acids is 5. The van der Waals surface area contributed by atoms with Crippen LogP contribution in [0, 0.1) is 6.92 Å². The normalized spacial score (nSPS) is 9.51. The minimum Gasteiger partial charge on any atom is -0.497 e. The van der Waals surface area contributed by atoms with Crippen LogP contribution in [0.1, 0.15) is 72.9 Å². The number of allylic oxidation sites excluding steroid dienone is 1. The molecule has 0 amide bonds. The number of hydrogen-bond donors (Lipinski definition) is 0. The summed E-state index contributed by atoms with van der Waals surface area (Å²) in [5.41, 5.74) is 3.36. The van der Waals surface area contributed by atoms with Gasteiger partial charge in [0.05, 0.1) is 27.8 Å². The summed E-state index contributed by atoms with van der Waals surface area (Å²) < 4.78 is 15.2. The molecule has 0 fully saturated rings. The number of ketones is 5. The Kier molecular flexibility index (Phi) is 18.6. The molecule has 0 bridgehead atoms. The van der Waals surface area contributed by atoms with Crippen LogP contribution in [-0.4, -0.2) is 50.2 Å². The van der Waals surface area contributed by atoms with E-state index in [2.05, 4.69) is 0 Å². The second kappa shape index (κ2) is 20.9. The summed E-state index contributed by atoms with van der Waals surface area (Å²) in [7, 11) is 4.91. The second-order valence-electron chi connectivity index (χ2n) is 9.30. The standard InChI is InChI=1S/C11H12O2.C10H10O2.C9H12O2.C5H8O2/c1-9(12)3-4-10-5-7-11(13-2)8-6-10;1-7(11)9-3-5-10(6-4-9)8(2)12;1-7-5-4-6-8(10-2)9(7)11-3;1-4(6)3-5(2)7/h3-8H,1-2H3;3-6H,1-2H3;4-6H,1-3H3;3H2,1-2H3/b4-3+;;;. The Morgan fingerprint density at radius 3 is 1.42 bits per heavy atom. The Morgan fingerprint density at radius 1 is 0.628 bits per heavy atom. The summed E-state index contributed by atoms with van der Waals surface area (Å²) >= 11 is 0. The van der Waals surface area contributed by atoms with Gasteiger partial charge in [0.25, 0.3) is 0 Å². The Hall–Kier alpha value is -4.85. The van der Waals surface area contributed by atoms with Crippen molar-refractivity contribution in [2.45, 2.75) is 48.0 Å². The van der Waals surface area contributed by atoms with Gasteiger partial charge in [-0.05, 0) is 76.9 Å². The number of hydrogen-bond acceptors (Lipinski definition) is 8. The zero-order chi connectivity index (χ0) is 32.9. The van der Waals surface area contributed by atoms with E-state index in [9.17, 15) is 24.0 Å². The van der Waals surface area contributed by atoms with Crippen LogP contribution in [0.4, 0.5) is 0 Å². The van der Waals surface area contributed by atoms with E-state index in [0.29, 0.717) is 11.1 Å². The lowest BCUT2D eigenvalue weighted by molar-refractivity contribution is -0.124.